The zero-order valence-corrected chi connectivity index (χ0v) is 26.5. The van der Waals surface area contributed by atoms with E-state index < -0.39 is 17.6 Å². The van der Waals surface area contributed by atoms with E-state index in [1.54, 1.807) is 61.5 Å². The SMILES string of the molecule is Cc1cc(-n2ncc(C(=O)C3=Cc4cc(OC5CCNCC5)c(-c5ccccc5C(F)(F)F)cc4C3)c2N)ccc1Oc1ccccc1F. The van der Waals surface area contributed by atoms with Gasteiger partial charge in [0.2, 0.25) is 0 Å². The van der Waals surface area contributed by atoms with Gasteiger partial charge in [-0.25, -0.2) is 9.07 Å². The average molecular weight is 669 g/mol. The maximum atomic E-state index is 14.1. The van der Waals surface area contributed by atoms with Gasteiger partial charge in [0, 0.05) is 17.6 Å². The number of hydrogen-bond acceptors (Lipinski definition) is 6. The van der Waals surface area contributed by atoms with Crippen molar-refractivity contribution in [2.45, 2.75) is 38.5 Å². The van der Waals surface area contributed by atoms with Gasteiger partial charge < -0.3 is 20.5 Å². The Kier molecular flexibility index (Phi) is 8.45. The Morgan fingerprint density at radius 1 is 0.939 bits per heavy atom. The standard InChI is InChI=1S/C38H32F4N4O3/c1-22-16-26(10-11-33(22)49-34-9-5-4-8-32(34)39)46-37(43)30(21-45-46)36(47)25-17-23-19-29(28-6-2-3-7-31(28)38(40,41)42)35(20-24(23)18-25)48-27-12-14-44-15-13-27/h2-11,16,18-21,27,44H,12-15,17,43H2,1H3. The van der Waals surface area contributed by atoms with Crippen molar-refractivity contribution in [2.24, 2.45) is 0 Å². The second kappa shape index (κ2) is 12.9. The average Bonchev–Trinajstić information content (AvgIpc) is 3.69. The van der Waals surface area contributed by atoms with E-state index in [0.29, 0.717) is 45.0 Å². The number of halogens is 4. The number of fused-ring (bicyclic) bond motifs is 1. The van der Waals surface area contributed by atoms with Gasteiger partial charge in [0.1, 0.15) is 23.4 Å². The van der Waals surface area contributed by atoms with Crippen LogP contribution in [-0.4, -0.2) is 34.8 Å². The number of alkyl halides is 3. The molecule has 49 heavy (non-hydrogen) atoms. The molecule has 0 bridgehead atoms. The molecule has 250 valence electrons. The van der Waals surface area contributed by atoms with Crippen molar-refractivity contribution in [3.05, 3.63) is 124 Å². The third kappa shape index (κ3) is 6.41. The summed E-state index contributed by atoms with van der Waals surface area (Å²) in [6.45, 7) is 3.31. The van der Waals surface area contributed by atoms with Crippen LogP contribution in [0.1, 0.15) is 45.5 Å². The van der Waals surface area contributed by atoms with Crippen molar-refractivity contribution in [1.82, 2.24) is 15.1 Å². The lowest BCUT2D eigenvalue weighted by molar-refractivity contribution is -0.137. The van der Waals surface area contributed by atoms with Crippen LogP contribution in [0.3, 0.4) is 0 Å². The van der Waals surface area contributed by atoms with Crippen LogP contribution in [0.2, 0.25) is 0 Å². The second-order valence-corrected chi connectivity index (χ2v) is 12.2. The minimum absolute atomic E-state index is 0.0210. The summed E-state index contributed by atoms with van der Waals surface area (Å²) in [5.41, 5.74) is 9.37. The number of Topliss-reactive ketones (excluding diaryl/α,β-unsaturated/α-hetero) is 1. The number of piperidine rings is 1. The van der Waals surface area contributed by atoms with Gasteiger partial charge in [-0.15, -0.1) is 0 Å². The van der Waals surface area contributed by atoms with Crippen LogP contribution in [0.4, 0.5) is 23.4 Å². The highest BCUT2D eigenvalue weighted by Crippen LogP contribution is 2.44. The van der Waals surface area contributed by atoms with E-state index in [0.717, 1.165) is 32.0 Å². The van der Waals surface area contributed by atoms with E-state index in [9.17, 15) is 22.4 Å². The predicted molar refractivity (Wildman–Crippen MR) is 179 cm³/mol. The fourth-order valence-corrected chi connectivity index (χ4v) is 6.32. The highest BCUT2D eigenvalue weighted by Gasteiger charge is 2.35. The van der Waals surface area contributed by atoms with E-state index in [-0.39, 0.29) is 41.0 Å². The summed E-state index contributed by atoms with van der Waals surface area (Å²) >= 11 is 0. The van der Waals surface area contributed by atoms with Crippen LogP contribution < -0.4 is 20.5 Å². The van der Waals surface area contributed by atoms with Crippen LogP contribution in [0.5, 0.6) is 17.2 Å². The number of aromatic nitrogens is 2. The predicted octanol–water partition coefficient (Wildman–Crippen LogP) is 8.33. The highest BCUT2D eigenvalue weighted by atomic mass is 19.4. The van der Waals surface area contributed by atoms with Gasteiger partial charge in [0.25, 0.3) is 0 Å². The van der Waals surface area contributed by atoms with Gasteiger partial charge in [-0.2, -0.15) is 18.3 Å². The number of ketones is 1. The summed E-state index contributed by atoms with van der Waals surface area (Å²) in [6.07, 6.45) is 0.0675. The number of hydrogen-bond donors (Lipinski definition) is 2. The largest absolute Gasteiger partial charge is 0.490 e. The van der Waals surface area contributed by atoms with Crippen molar-refractivity contribution < 1.29 is 31.8 Å². The van der Waals surface area contributed by atoms with Crippen LogP contribution in [0.15, 0.2) is 90.6 Å². The number of para-hydroxylation sites is 1. The fraction of sp³-hybridized carbons (Fsp3) is 0.211. The summed E-state index contributed by atoms with van der Waals surface area (Å²) < 4.78 is 70.0. The molecule has 1 aliphatic heterocycles. The van der Waals surface area contributed by atoms with Gasteiger partial charge >= 0.3 is 6.18 Å². The molecule has 1 fully saturated rings. The van der Waals surface area contributed by atoms with Crippen LogP contribution in [-0.2, 0) is 12.6 Å². The van der Waals surface area contributed by atoms with Crippen molar-refractivity contribution in [3.8, 4) is 34.1 Å². The molecular formula is C38H32F4N4O3. The quantitative estimate of drug-likeness (QED) is 0.128. The Bertz CT molecular complexity index is 2100. The smallest absolute Gasteiger partial charge is 0.417 e. The van der Waals surface area contributed by atoms with Crippen molar-refractivity contribution in [1.29, 1.82) is 0 Å². The van der Waals surface area contributed by atoms with Crippen LogP contribution in [0.25, 0.3) is 22.9 Å². The third-order valence-electron chi connectivity index (χ3n) is 8.86. The molecule has 3 N–H and O–H groups in total. The first-order valence-electron chi connectivity index (χ1n) is 15.9. The van der Waals surface area contributed by atoms with E-state index >= 15 is 0 Å². The fourth-order valence-electron chi connectivity index (χ4n) is 6.32. The number of allylic oxidation sites excluding steroid dienone is 1. The van der Waals surface area contributed by atoms with E-state index in [4.69, 9.17) is 15.2 Å². The number of nitrogens with zero attached hydrogens (tertiary/aromatic N) is 2. The number of rotatable bonds is 8. The third-order valence-corrected chi connectivity index (χ3v) is 8.86. The van der Waals surface area contributed by atoms with E-state index in [1.807, 2.05) is 0 Å². The minimum atomic E-state index is -4.57. The van der Waals surface area contributed by atoms with Gasteiger partial charge in [0.15, 0.2) is 17.3 Å². The minimum Gasteiger partial charge on any atom is -0.490 e. The lowest BCUT2D eigenvalue weighted by atomic mass is 9.94. The Morgan fingerprint density at radius 2 is 1.69 bits per heavy atom. The number of nitrogen functional groups attached to an aromatic ring is 1. The first-order chi connectivity index (χ1) is 23.6. The molecule has 0 saturated carbocycles. The molecule has 0 amide bonds. The molecule has 5 aromatic rings. The number of nitrogens with one attached hydrogen (secondary N) is 1. The number of carbonyl (C=O) groups excluding carboxylic acids is 1. The number of anilines is 1. The maximum Gasteiger partial charge on any atom is 0.417 e. The van der Waals surface area contributed by atoms with Crippen LogP contribution >= 0.6 is 0 Å². The normalized spacial score (nSPS) is 14.8. The van der Waals surface area contributed by atoms with Crippen LogP contribution in [0, 0.1) is 12.7 Å². The number of ether oxygens (including phenoxy) is 2. The number of benzene rings is 4. The van der Waals surface area contributed by atoms with E-state index in [1.165, 1.54) is 35.1 Å². The van der Waals surface area contributed by atoms with Gasteiger partial charge in [-0.1, -0.05) is 30.3 Å². The number of nitrogens with two attached hydrogens (primary N) is 1. The Hall–Kier alpha value is -5.42. The zero-order valence-electron chi connectivity index (χ0n) is 26.5. The molecule has 1 saturated heterocycles. The first kappa shape index (κ1) is 32.1. The van der Waals surface area contributed by atoms with Gasteiger partial charge in [-0.05, 0) is 110 Å². The molecule has 4 aromatic carbocycles. The topological polar surface area (TPSA) is 91.4 Å². The molecule has 2 heterocycles. The molecule has 1 aromatic heterocycles. The monoisotopic (exact) mass is 668 g/mol. The van der Waals surface area contributed by atoms with Crippen molar-refractivity contribution >= 4 is 17.7 Å². The molecule has 0 unspecified atom stereocenters. The summed E-state index contributed by atoms with van der Waals surface area (Å²) in [5, 5.41) is 7.65. The molecule has 11 heteroatoms. The lowest BCUT2D eigenvalue weighted by Crippen LogP contribution is -2.34. The molecule has 7 nitrogen and oxygen atoms in total. The van der Waals surface area contributed by atoms with Gasteiger partial charge in [0.05, 0.1) is 23.0 Å². The Morgan fingerprint density at radius 3 is 2.45 bits per heavy atom. The zero-order chi connectivity index (χ0) is 34.3. The summed E-state index contributed by atoms with van der Waals surface area (Å²) in [6, 6.07) is 20.1. The summed E-state index contributed by atoms with van der Waals surface area (Å²) in [4.78, 5) is 13.8. The molecule has 2 aliphatic rings. The maximum absolute atomic E-state index is 14.1. The summed E-state index contributed by atoms with van der Waals surface area (Å²) in [7, 11) is 0. The Labute approximate surface area is 280 Å². The number of aryl methyl sites for hydroxylation is 1. The van der Waals surface area contributed by atoms with Crippen molar-refractivity contribution in [2.75, 3.05) is 18.8 Å². The second-order valence-electron chi connectivity index (χ2n) is 12.2. The Balaban J connectivity index is 1.17. The number of carbonyl (C=O) groups is 1. The van der Waals surface area contributed by atoms with Gasteiger partial charge in [-0.3, -0.25) is 4.79 Å². The summed E-state index contributed by atoms with van der Waals surface area (Å²) in [5.74, 6) is 0.190. The molecule has 1 aliphatic carbocycles. The first-order valence-corrected chi connectivity index (χ1v) is 15.9. The molecule has 0 atom stereocenters. The molecular weight excluding hydrogens is 636 g/mol. The highest BCUT2D eigenvalue weighted by molar-refractivity contribution is 6.15. The molecule has 7 rings (SSSR count). The lowest BCUT2D eigenvalue weighted by Gasteiger charge is -2.26. The van der Waals surface area contributed by atoms with E-state index in [2.05, 4.69) is 10.4 Å². The molecule has 0 spiro atoms. The molecule has 0 radical (unpaired) electrons. The van der Waals surface area contributed by atoms with Crippen molar-refractivity contribution in [3.63, 3.8) is 0 Å².